The largest absolute Gasteiger partial charge is 0.465 e. The van der Waals surface area contributed by atoms with Gasteiger partial charge in [0, 0.05) is 11.1 Å². The van der Waals surface area contributed by atoms with E-state index in [9.17, 15) is 9.59 Å². The van der Waals surface area contributed by atoms with Crippen LogP contribution in [0.15, 0.2) is 34.7 Å². The van der Waals surface area contributed by atoms with Crippen LogP contribution >= 0.6 is 0 Å². The number of fused-ring (bicyclic) bond motifs is 1. The van der Waals surface area contributed by atoms with E-state index in [1.807, 2.05) is 49.2 Å². The second-order valence-corrected chi connectivity index (χ2v) is 6.82. The van der Waals surface area contributed by atoms with Crippen molar-refractivity contribution in [1.29, 1.82) is 0 Å². The zero-order chi connectivity index (χ0) is 19.7. The third kappa shape index (κ3) is 3.53. The summed E-state index contributed by atoms with van der Waals surface area (Å²) in [6.45, 7) is 5.71. The van der Waals surface area contributed by atoms with Crippen molar-refractivity contribution in [2.45, 2.75) is 26.8 Å². The van der Waals surface area contributed by atoms with Crippen molar-refractivity contribution >= 4 is 22.7 Å². The van der Waals surface area contributed by atoms with Crippen molar-refractivity contribution in [2.24, 2.45) is 0 Å². The Bertz CT molecular complexity index is 966. The Kier molecular flexibility index (Phi) is 5.19. The number of aromatic nitrogens is 1. The van der Waals surface area contributed by atoms with Gasteiger partial charge in [-0.3, -0.25) is 9.69 Å². The number of hydrogen-bond donors (Lipinski definition) is 1. The maximum atomic E-state index is 12.8. The Morgan fingerprint density at radius 1 is 1.26 bits per heavy atom. The van der Waals surface area contributed by atoms with E-state index in [0.717, 1.165) is 16.7 Å². The number of aryl methyl sites for hydroxylation is 1. The first-order valence-electron chi connectivity index (χ1n) is 8.82. The van der Waals surface area contributed by atoms with E-state index in [4.69, 9.17) is 9.15 Å². The quantitative estimate of drug-likeness (QED) is 0.525. The average Bonchev–Trinajstić information content (AvgIpc) is 3.21. The zero-order valence-electron chi connectivity index (χ0n) is 16.3. The molecule has 142 valence electrons. The molecule has 1 N–H and O–H groups in total. The monoisotopic (exact) mass is 368 g/mol. The smallest absolute Gasteiger partial charge is 0.339 e. The molecule has 0 aliphatic rings. The predicted octanol–water partition coefficient (Wildman–Crippen LogP) is 4.04. The number of aromatic amines is 1. The minimum Gasteiger partial charge on any atom is -0.465 e. The van der Waals surface area contributed by atoms with Crippen molar-refractivity contribution in [3.63, 3.8) is 0 Å². The van der Waals surface area contributed by atoms with Gasteiger partial charge >= 0.3 is 5.97 Å². The zero-order valence-corrected chi connectivity index (χ0v) is 16.3. The van der Waals surface area contributed by atoms with Gasteiger partial charge in [-0.15, -0.1) is 0 Å². The molecule has 0 aliphatic heterocycles. The van der Waals surface area contributed by atoms with E-state index in [2.05, 4.69) is 4.98 Å². The number of hydrogen-bond acceptors (Lipinski definition) is 5. The molecule has 0 spiro atoms. The molecule has 3 aromatic rings. The van der Waals surface area contributed by atoms with Gasteiger partial charge < -0.3 is 14.1 Å². The molecule has 0 unspecified atom stereocenters. The van der Waals surface area contributed by atoms with Crippen LogP contribution in [0.1, 0.15) is 50.8 Å². The van der Waals surface area contributed by atoms with E-state index in [1.54, 1.807) is 13.8 Å². The number of carbonyl (C=O) groups excluding carboxylic acids is 2. The van der Waals surface area contributed by atoms with Crippen LogP contribution in [0.25, 0.3) is 11.0 Å². The summed E-state index contributed by atoms with van der Waals surface area (Å²) in [7, 11) is 3.21. The third-order valence-electron chi connectivity index (χ3n) is 5.02. The van der Waals surface area contributed by atoms with Crippen LogP contribution in [-0.4, -0.2) is 42.3 Å². The lowest BCUT2D eigenvalue weighted by Crippen LogP contribution is -2.29. The molecular weight excluding hydrogens is 344 g/mol. The molecule has 6 nitrogen and oxygen atoms in total. The number of nitrogens with zero attached hydrogens (tertiary/aromatic N) is 1. The van der Waals surface area contributed by atoms with E-state index < -0.39 is 5.97 Å². The van der Waals surface area contributed by atoms with Crippen LogP contribution in [0, 0.1) is 13.8 Å². The average molecular weight is 368 g/mol. The van der Waals surface area contributed by atoms with Gasteiger partial charge in [0.2, 0.25) is 0 Å². The topological polar surface area (TPSA) is 75.5 Å². The molecule has 0 amide bonds. The molecule has 0 aliphatic carbocycles. The molecule has 0 fully saturated rings. The number of nitrogens with one attached hydrogen (secondary N) is 1. The summed E-state index contributed by atoms with van der Waals surface area (Å²) >= 11 is 0. The molecule has 0 bridgehead atoms. The molecule has 27 heavy (non-hydrogen) atoms. The molecule has 3 rings (SSSR count). The van der Waals surface area contributed by atoms with Gasteiger partial charge in [0.25, 0.3) is 0 Å². The number of benzene rings is 1. The molecule has 0 saturated carbocycles. The minimum absolute atomic E-state index is 0.0715. The summed E-state index contributed by atoms with van der Waals surface area (Å²) < 4.78 is 10.7. The summed E-state index contributed by atoms with van der Waals surface area (Å²) in [5.74, 6) is 0.279. The first-order chi connectivity index (χ1) is 12.8. The van der Waals surface area contributed by atoms with Gasteiger partial charge in [-0.1, -0.05) is 18.2 Å². The number of furan rings is 1. The van der Waals surface area contributed by atoms with E-state index >= 15 is 0 Å². The number of ketones is 1. The highest BCUT2D eigenvalue weighted by molar-refractivity contribution is 6.02. The van der Waals surface area contributed by atoms with Crippen molar-refractivity contribution in [3.8, 4) is 0 Å². The summed E-state index contributed by atoms with van der Waals surface area (Å²) in [4.78, 5) is 29.7. The van der Waals surface area contributed by atoms with Crippen molar-refractivity contribution < 1.29 is 18.7 Å². The highest BCUT2D eigenvalue weighted by Gasteiger charge is 2.25. The van der Waals surface area contributed by atoms with Crippen LogP contribution in [-0.2, 0) is 4.74 Å². The molecule has 6 heteroatoms. The highest BCUT2D eigenvalue weighted by atomic mass is 16.5. The van der Waals surface area contributed by atoms with Gasteiger partial charge in [0.15, 0.2) is 5.78 Å². The Morgan fingerprint density at radius 3 is 2.63 bits per heavy atom. The Balaban J connectivity index is 1.78. The van der Waals surface area contributed by atoms with Crippen LogP contribution in [0.4, 0.5) is 0 Å². The van der Waals surface area contributed by atoms with Gasteiger partial charge in [-0.25, -0.2) is 4.79 Å². The minimum atomic E-state index is -0.440. The van der Waals surface area contributed by atoms with E-state index in [1.165, 1.54) is 7.11 Å². The maximum Gasteiger partial charge on any atom is 0.339 e. The molecule has 0 saturated heterocycles. The number of Topliss-reactive ketones (excluding diaryl/α,β-unsaturated/α-hetero) is 1. The van der Waals surface area contributed by atoms with Gasteiger partial charge in [0.05, 0.1) is 31.0 Å². The molecule has 2 aromatic heterocycles. The van der Waals surface area contributed by atoms with Crippen molar-refractivity contribution in [1.82, 2.24) is 9.88 Å². The number of esters is 1. The Hall–Kier alpha value is -2.86. The number of likely N-dealkylation sites (N-methyl/N-ethyl adjacent to an activating group) is 1. The van der Waals surface area contributed by atoms with Gasteiger partial charge in [-0.2, -0.15) is 0 Å². The second-order valence-electron chi connectivity index (χ2n) is 6.82. The normalized spacial score (nSPS) is 12.5. The number of H-pyrrole nitrogens is 1. The summed E-state index contributed by atoms with van der Waals surface area (Å²) in [5, 5.41) is 1.04. The highest BCUT2D eigenvalue weighted by Crippen LogP contribution is 2.27. The fraction of sp³-hybridized carbons (Fsp3) is 0.333. The number of carbonyl (C=O) groups is 2. The number of methoxy groups -OCH3 is 1. The number of ether oxygens (including phenoxy) is 1. The second kappa shape index (κ2) is 7.40. The van der Waals surface area contributed by atoms with Crippen LogP contribution < -0.4 is 0 Å². The Labute approximate surface area is 158 Å². The summed E-state index contributed by atoms with van der Waals surface area (Å²) in [6, 6.07) is 9.76. The fourth-order valence-corrected chi connectivity index (χ4v) is 3.31. The van der Waals surface area contributed by atoms with Gasteiger partial charge in [-0.05, 0) is 45.5 Å². The van der Waals surface area contributed by atoms with Crippen LogP contribution in [0.5, 0.6) is 0 Å². The van der Waals surface area contributed by atoms with Crippen LogP contribution in [0.2, 0.25) is 0 Å². The molecule has 1 aromatic carbocycles. The lowest BCUT2D eigenvalue weighted by molar-refractivity contribution is 0.0599. The fourth-order valence-electron chi connectivity index (χ4n) is 3.31. The third-order valence-corrected chi connectivity index (χ3v) is 5.02. The molecule has 0 radical (unpaired) electrons. The number of para-hydroxylation sites is 1. The van der Waals surface area contributed by atoms with E-state index in [-0.39, 0.29) is 18.4 Å². The molecule has 2 heterocycles. The maximum absolute atomic E-state index is 12.8. The Morgan fingerprint density at radius 2 is 1.96 bits per heavy atom. The lowest BCUT2D eigenvalue weighted by atomic mass is 10.1. The number of rotatable bonds is 6. The standard InChI is InChI=1S/C21H24N2O4/c1-12-19(21(25)26-5)13(2)22-20(12)16(24)11-23(4)14(3)18-10-15-8-6-7-9-17(15)27-18/h6-10,14,22H,11H2,1-5H3/t14-/m1/s1. The lowest BCUT2D eigenvalue weighted by Gasteiger charge is -2.22. The molecular formula is C21H24N2O4. The van der Waals surface area contributed by atoms with Crippen molar-refractivity contribution in [2.75, 3.05) is 20.7 Å². The van der Waals surface area contributed by atoms with Gasteiger partial charge in [0.1, 0.15) is 11.3 Å². The first-order valence-corrected chi connectivity index (χ1v) is 8.82. The first kappa shape index (κ1) is 18.9. The molecule has 1 atom stereocenters. The predicted molar refractivity (Wildman–Crippen MR) is 103 cm³/mol. The summed E-state index contributed by atoms with van der Waals surface area (Å²) in [6.07, 6.45) is 0. The summed E-state index contributed by atoms with van der Waals surface area (Å²) in [5.41, 5.74) is 2.95. The SMILES string of the molecule is COC(=O)c1c(C)[nH]c(C(=O)CN(C)[C@H](C)c2cc3ccccc3o2)c1C. The van der Waals surface area contributed by atoms with Crippen molar-refractivity contribution in [3.05, 3.63) is 58.6 Å². The van der Waals surface area contributed by atoms with E-state index in [0.29, 0.717) is 22.5 Å². The van der Waals surface area contributed by atoms with Crippen LogP contribution in [0.3, 0.4) is 0 Å².